The summed E-state index contributed by atoms with van der Waals surface area (Å²) in [6.07, 6.45) is 2.40. The number of fused-ring (bicyclic) bond motifs is 1. The number of aromatic hydroxyl groups is 1. The summed E-state index contributed by atoms with van der Waals surface area (Å²) in [4.78, 5) is 9.25. The van der Waals surface area contributed by atoms with Crippen molar-refractivity contribution in [2.24, 2.45) is 0 Å². The molecule has 4 rings (SSSR count). The van der Waals surface area contributed by atoms with Crippen LogP contribution in [0.3, 0.4) is 0 Å². The number of pyridine rings is 1. The lowest BCUT2D eigenvalue weighted by molar-refractivity contribution is 0.145. The summed E-state index contributed by atoms with van der Waals surface area (Å²) in [7, 11) is 5.18. The maximum Gasteiger partial charge on any atom is 0.163 e. The summed E-state index contributed by atoms with van der Waals surface area (Å²) in [6.45, 7) is 5.88. The topological polar surface area (TPSA) is 103 Å². The van der Waals surface area contributed by atoms with Gasteiger partial charge in [0.25, 0.3) is 0 Å². The second-order valence-corrected chi connectivity index (χ2v) is 9.06. The van der Waals surface area contributed by atoms with E-state index in [1.165, 1.54) is 19.4 Å². The minimum atomic E-state index is -0.0794. The predicted octanol–water partition coefficient (Wildman–Crippen LogP) is 4.24. The van der Waals surface area contributed by atoms with E-state index in [0.717, 1.165) is 39.1 Å². The smallest absolute Gasteiger partial charge is 0.163 e. The molecule has 0 aliphatic carbocycles. The first-order valence-corrected chi connectivity index (χ1v) is 12.1. The molecule has 1 aromatic heterocycles. The first-order valence-electron chi connectivity index (χ1n) is 11.7. The number of piperazine rings is 1. The quantitative estimate of drug-likeness (QED) is 0.322. The van der Waals surface area contributed by atoms with E-state index < -0.39 is 0 Å². The fraction of sp³-hybridized carbons (Fsp3) is 0.385. The first kappa shape index (κ1) is 25.6. The minimum absolute atomic E-state index is 0.0794. The van der Waals surface area contributed by atoms with Crippen LogP contribution in [0, 0.1) is 11.3 Å². The molecule has 1 saturated heterocycles. The number of hydrogen-bond donors (Lipinski definition) is 2. The molecule has 10 heteroatoms. The number of benzene rings is 2. The molecule has 0 amide bonds. The summed E-state index contributed by atoms with van der Waals surface area (Å²) in [5.41, 5.74) is 1.94. The Morgan fingerprint density at radius 2 is 1.83 bits per heavy atom. The second kappa shape index (κ2) is 11.5. The van der Waals surface area contributed by atoms with Gasteiger partial charge in [0, 0.05) is 62.5 Å². The summed E-state index contributed by atoms with van der Waals surface area (Å²) in [5.74, 6) is 1.31. The van der Waals surface area contributed by atoms with Gasteiger partial charge in [-0.3, -0.25) is 4.98 Å². The van der Waals surface area contributed by atoms with E-state index in [1.54, 1.807) is 19.2 Å². The van der Waals surface area contributed by atoms with Crippen LogP contribution in [0.15, 0.2) is 30.5 Å². The fourth-order valence-electron chi connectivity index (χ4n) is 4.17. The van der Waals surface area contributed by atoms with E-state index in [9.17, 15) is 10.4 Å². The summed E-state index contributed by atoms with van der Waals surface area (Å²) < 4.78 is 16.9. The maximum absolute atomic E-state index is 9.99. The van der Waals surface area contributed by atoms with E-state index in [-0.39, 0.29) is 16.5 Å². The van der Waals surface area contributed by atoms with Crippen LogP contribution in [0.1, 0.15) is 12.0 Å². The van der Waals surface area contributed by atoms with Crippen molar-refractivity contribution in [3.05, 3.63) is 41.0 Å². The van der Waals surface area contributed by atoms with Crippen LogP contribution in [0.4, 0.5) is 11.4 Å². The van der Waals surface area contributed by atoms with E-state index in [4.69, 9.17) is 25.8 Å². The van der Waals surface area contributed by atoms with E-state index in [0.29, 0.717) is 45.9 Å². The molecule has 0 saturated carbocycles. The van der Waals surface area contributed by atoms with Crippen molar-refractivity contribution >= 4 is 33.9 Å². The molecule has 1 fully saturated rings. The van der Waals surface area contributed by atoms with Gasteiger partial charge >= 0.3 is 0 Å². The van der Waals surface area contributed by atoms with Crippen LogP contribution in [-0.4, -0.2) is 80.5 Å². The van der Waals surface area contributed by atoms with Crippen LogP contribution in [0.2, 0.25) is 5.02 Å². The Morgan fingerprint density at radius 1 is 1.08 bits per heavy atom. The molecule has 0 bridgehead atoms. The summed E-state index contributed by atoms with van der Waals surface area (Å²) in [6, 6.07) is 8.73. The number of halogens is 1. The molecule has 1 aliphatic rings. The lowest BCUT2D eigenvalue weighted by Crippen LogP contribution is -2.44. The number of rotatable bonds is 9. The zero-order valence-corrected chi connectivity index (χ0v) is 21.4. The van der Waals surface area contributed by atoms with Crippen molar-refractivity contribution in [1.82, 2.24) is 14.8 Å². The number of phenolic OH excluding ortho intramolecular Hbond substituents is 1. The van der Waals surface area contributed by atoms with Crippen LogP contribution < -0.4 is 19.5 Å². The number of anilines is 2. The molecule has 36 heavy (non-hydrogen) atoms. The average Bonchev–Trinajstić information content (AvgIpc) is 2.88. The third-order valence-corrected chi connectivity index (χ3v) is 6.59. The number of phenols is 1. The Labute approximate surface area is 215 Å². The number of likely N-dealkylation sites (N-methyl/N-ethyl adjacent to an activating group) is 1. The van der Waals surface area contributed by atoms with Crippen molar-refractivity contribution < 1.29 is 19.3 Å². The van der Waals surface area contributed by atoms with Crippen molar-refractivity contribution in [1.29, 1.82) is 5.26 Å². The highest BCUT2D eigenvalue weighted by atomic mass is 35.5. The van der Waals surface area contributed by atoms with Gasteiger partial charge in [-0.2, -0.15) is 5.26 Å². The van der Waals surface area contributed by atoms with Crippen molar-refractivity contribution in [2.75, 3.05) is 65.9 Å². The standard InChI is InChI=1S/C26H30ClN5O4/c1-31-6-8-32(9-7-31)5-4-10-36-25-13-20-18(11-24(25)35-3)26(17(15-28)16-29-20)30-21-14-23(34-2)22(33)12-19(21)27/h11-14,16,33H,4-10H2,1-3H3,(H,29,30). The largest absolute Gasteiger partial charge is 0.504 e. The third-order valence-electron chi connectivity index (χ3n) is 6.27. The molecule has 9 nitrogen and oxygen atoms in total. The molecule has 0 unspecified atom stereocenters. The SMILES string of the molecule is COc1cc(Nc2c(C#N)cnc3cc(OCCCN4CCN(C)CC4)c(OC)cc23)c(Cl)cc1O. The Bertz CT molecular complexity index is 1270. The van der Waals surface area contributed by atoms with Gasteiger partial charge in [-0.05, 0) is 19.5 Å². The number of nitriles is 1. The molecule has 3 aromatic rings. The predicted molar refractivity (Wildman–Crippen MR) is 140 cm³/mol. The molecular formula is C26H30ClN5O4. The zero-order chi connectivity index (χ0) is 25.7. The highest BCUT2D eigenvalue weighted by Gasteiger charge is 2.17. The Hall–Kier alpha value is -3.45. The molecule has 2 N–H and O–H groups in total. The minimum Gasteiger partial charge on any atom is -0.504 e. The molecule has 1 aliphatic heterocycles. The molecule has 2 aromatic carbocycles. The molecule has 190 valence electrons. The zero-order valence-electron chi connectivity index (χ0n) is 20.7. The highest BCUT2D eigenvalue weighted by Crippen LogP contribution is 2.40. The molecular weight excluding hydrogens is 482 g/mol. The Kier molecular flexibility index (Phi) is 8.21. The van der Waals surface area contributed by atoms with Crippen molar-refractivity contribution in [2.45, 2.75) is 6.42 Å². The van der Waals surface area contributed by atoms with Crippen LogP contribution in [0.5, 0.6) is 23.0 Å². The molecule has 0 radical (unpaired) electrons. The second-order valence-electron chi connectivity index (χ2n) is 8.65. The number of aromatic nitrogens is 1. The Balaban J connectivity index is 1.57. The lowest BCUT2D eigenvalue weighted by atomic mass is 10.1. The molecule has 2 heterocycles. The highest BCUT2D eigenvalue weighted by molar-refractivity contribution is 6.33. The van der Waals surface area contributed by atoms with Crippen molar-refractivity contribution in [3.63, 3.8) is 0 Å². The molecule has 0 atom stereocenters. The number of nitrogens with one attached hydrogen (secondary N) is 1. The lowest BCUT2D eigenvalue weighted by Gasteiger charge is -2.32. The van der Waals surface area contributed by atoms with E-state index in [2.05, 4.69) is 33.2 Å². The van der Waals surface area contributed by atoms with Gasteiger partial charge in [0.2, 0.25) is 0 Å². The molecule has 0 spiro atoms. The number of methoxy groups -OCH3 is 2. The van der Waals surface area contributed by atoms with Gasteiger partial charge in [0.15, 0.2) is 23.0 Å². The van der Waals surface area contributed by atoms with Crippen LogP contribution in [0.25, 0.3) is 10.9 Å². The normalized spacial score (nSPS) is 14.4. The van der Waals surface area contributed by atoms with Gasteiger partial charge in [-0.1, -0.05) is 11.6 Å². The van der Waals surface area contributed by atoms with Gasteiger partial charge < -0.3 is 34.4 Å². The van der Waals surface area contributed by atoms with Gasteiger partial charge in [-0.15, -0.1) is 0 Å². The average molecular weight is 512 g/mol. The van der Waals surface area contributed by atoms with E-state index >= 15 is 0 Å². The monoisotopic (exact) mass is 511 g/mol. The van der Waals surface area contributed by atoms with Gasteiger partial charge in [0.1, 0.15) is 6.07 Å². The fourth-order valence-corrected chi connectivity index (χ4v) is 4.38. The third kappa shape index (κ3) is 5.68. The van der Waals surface area contributed by atoms with E-state index in [1.807, 2.05) is 6.07 Å². The summed E-state index contributed by atoms with van der Waals surface area (Å²) in [5, 5.41) is 23.9. The maximum atomic E-state index is 9.99. The van der Waals surface area contributed by atoms with Gasteiger partial charge in [-0.25, -0.2) is 0 Å². The first-order chi connectivity index (χ1) is 17.4. The van der Waals surface area contributed by atoms with Crippen LogP contribution >= 0.6 is 11.6 Å². The number of ether oxygens (including phenoxy) is 3. The van der Waals surface area contributed by atoms with Crippen LogP contribution in [-0.2, 0) is 0 Å². The number of hydrogen-bond acceptors (Lipinski definition) is 9. The Morgan fingerprint density at radius 3 is 2.53 bits per heavy atom. The number of nitrogens with zero attached hydrogens (tertiary/aromatic N) is 4. The summed E-state index contributed by atoms with van der Waals surface area (Å²) >= 11 is 6.35. The van der Waals surface area contributed by atoms with Gasteiger partial charge in [0.05, 0.1) is 48.3 Å². The van der Waals surface area contributed by atoms with Crippen molar-refractivity contribution in [3.8, 4) is 29.1 Å².